The summed E-state index contributed by atoms with van der Waals surface area (Å²) in [5.74, 6) is -0.302. The van der Waals surface area contributed by atoms with Crippen molar-refractivity contribution in [3.8, 4) is 0 Å². The number of para-hydroxylation sites is 1. The van der Waals surface area contributed by atoms with Crippen molar-refractivity contribution in [2.45, 2.75) is 19.4 Å². The fraction of sp³-hybridized carbons (Fsp3) is 0.391. The molecule has 1 saturated heterocycles. The Morgan fingerprint density at radius 3 is 2.47 bits per heavy atom. The number of quaternary nitrogens is 2. The van der Waals surface area contributed by atoms with Gasteiger partial charge in [-0.3, -0.25) is 9.59 Å². The molecule has 1 atom stereocenters. The van der Waals surface area contributed by atoms with Gasteiger partial charge in [-0.05, 0) is 43.2 Å². The number of halogens is 1. The van der Waals surface area contributed by atoms with Crippen molar-refractivity contribution in [3.63, 3.8) is 0 Å². The average Bonchev–Trinajstić information content (AvgIpc) is 3.05. The minimum atomic E-state index is -0.364. The zero-order valence-electron chi connectivity index (χ0n) is 17.3. The lowest BCUT2D eigenvalue weighted by molar-refractivity contribution is -1.00. The summed E-state index contributed by atoms with van der Waals surface area (Å²) < 4.78 is 13.3. The van der Waals surface area contributed by atoms with Crippen LogP contribution >= 0.6 is 0 Å². The van der Waals surface area contributed by atoms with Gasteiger partial charge >= 0.3 is 0 Å². The van der Waals surface area contributed by atoms with Gasteiger partial charge in [0.05, 0.1) is 0 Å². The molecule has 2 aliphatic rings. The monoisotopic (exact) mass is 412 g/mol. The van der Waals surface area contributed by atoms with Crippen LogP contribution in [0.25, 0.3) is 0 Å². The van der Waals surface area contributed by atoms with Gasteiger partial charge in [0.2, 0.25) is 0 Å². The van der Waals surface area contributed by atoms with Gasteiger partial charge in [-0.15, -0.1) is 0 Å². The SMILES string of the molecule is C[C@H]1Cc2ccccc2N1C(=O)C[NH+]1CC[NH+](CC(=O)Nc2cccc(F)c2)CC1. The minimum Gasteiger partial charge on any atom is -0.321 e. The number of amides is 2. The zero-order chi connectivity index (χ0) is 21.1. The van der Waals surface area contributed by atoms with E-state index in [2.05, 4.69) is 18.3 Å². The lowest BCUT2D eigenvalue weighted by atomic mass is 10.1. The molecule has 30 heavy (non-hydrogen) atoms. The summed E-state index contributed by atoms with van der Waals surface area (Å²) in [5, 5.41) is 2.76. The molecular weight excluding hydrogens is 383 g/mol. The van der Waals surface area contributed by atoms with Crippen LogP contribution in [0.5, 0.6) is 0 Å². The van der Waals surface area contributed by atoms with Gasteiger partial charge in [0.15, 0.2) is 13.1 Å². The number of nitrogens with zero attached hydrogens (tertiary/aromatic N) is 1. The van der Waals surface area contributed by atoms with Crippen molar-refractivity contribution >= 4 is 23.2 Å². The number of hydrogen-bond acceptors (Lipinski definition) is 2. The Balaban J connectivity index is 1.25. The summed E-state index contributed by atoms with van der Waals surface area (Å²) in [6.45, 7) is 6.34. The van der Waals surface area contributed by atoms with E-state index in [-0.39, 0.29) is 23.7 Å². The van der Waals surface area contributed by atoms with Crippen LogP contribution in [0.15, 0.2) is 48.5 Å². The average molecular weight is 413 g/mol. The fourth-order valence-corrected chi connectivity index (χ4v) is 4.55. The Hall–Kier alpha value is -2.77. The zero-order valence-corrected chi connectivity index (χ0v) is 17.3. The smallest absolute Gasteiger partial charge is 0.282 e. The number of fused-ring (bicyclic) bond motifs is 1. The molecule has 0 unspecified atom stereocenters. The van der Waals surface area contributed by atoms with E-state index in [0.717, 1.165) is 38.3 Å². The van der Waals surface area contributed by atoms with Gasteiger partial charge in [0.25, 0.3) is 11.8 Å². The first-order valence-corrected chi connectivity index (χ1v) is 10.6. The first kappa shape index (κ1) is 20.5. The molecular formula is C23H29FN4O2+2. The van der Waals surface area contributed by atoms with Crippen LogP contribution in [0, 0.1) is 5.82 Å². The predicted molar refractivity (Wildman–Crippen MR) is 113 cm³/mol. The molecule has 2 aromatic carbocycles. The van der Waals surface area contributed by atoms with E-state index in [4.69, 9.17) is 0 Å². The maximum absolute atomic E-state index is 13.3. The second kappa shape index (κ2) is 8.93. The molecule has 6 nitrogen and oxygen atoms in total. The second-order valence-corrected chi connectivity index (χ2v) is 8.36. The molecule has 2 amide bonds. The van der Waals surface area contributed by atoms with E-state index >= 15 is 0 Å². The Kier molecular flexibility index (Phi) is 6.11. The van der Waals surface area contributed by atoms with Crippen LogP contribution in [0.3, 0.4) is 0 Å². The van der Waals surface area contributed by atoms with Gasteiger partial charge in [0.1, 0.15) is 32.0 Å². The second-order valence-electron chi connectivity index (χ2n) is 8.36. The Labute approximate surface area is 176 Å². The molecule has 158 valence electrons. The standard InChI is InChI=1S/C23H27FN4O2/c1-17-13-18-5-2-3-8-21(18)28(17)23(30)16-27-11-9-26(10-12-27)15-22(29)25-20-7-4-6-19(24)14-20/h2-8,14,17H,9-13,15-16H2,1H3,(H,25,29)/p+2/t17-/m0/s1. The van der Waals surface area contributed by atoms with E-state index in [9.17, 15) is 14.0 Å². The molecule has 3 N–H and O–H groups in total. The number of nitrogens with one attached hydrogen (secondary N) is 3. The van der Waals surface area contributed by atoms with E-state index in [1.807, 2.05) is 23.1 Å². The number of benzene rings is 2. The molecule has 2 aromatic rings. The summed E-state index contributed by atoms with van der Waals surface area (Å²) in [4.78, 5) is 29.7. The minimum absolute atomic E-state index is 0.113. The van der Waals surface area contributed by atoms with Gasteiger partial charge in [-0.25, -0.2) is 4.39 Å². The van der Waals surface area contributed by atoms with Crippen molar-refractivity contribution in [2.24, 2.45) is 0 Å². The molecule has 4 rings (SSSR count). The quantitative estimate of drug-likeness (QED) is 0.622. The maximum Gasteiger partial charge on any atom is 0.282 e. The molecule has 0 aliphatic carbocycles. The van der Waals surface area contributed by atoms with Crippen LogP contribution in [-0.2, 0) is 16.0 Å². The fourth-order valence-electron chi connectivity index (χ4n) is 4.55. The first-order chi connectivity index (χ1) is 14.5. The van der Waals surface area contributed by atoms with Gasteiger partial charge in [0, 0.05) is 17.4 Å². The predicted octanol–water partition coefficient (Wildman–Crippen LogP) is -0.475. The van der Waals surface area contributed by atoms with Gasteiger partial charge in [-0.1, -0.05) is 24.3 Å². The van der Waals surface area contributed by atoms with E-state index < -0.39 is 0 Å². The van der Waals surface area contributed by atoms with Crippen LogP contribution < -0.4 is 20.0 Å². The van der Waals surface area contributed by atoms with E-state index in [1.54, 1.807) is 12.1 Å². The van der Waals surface area contributed by atoms with Crippen LogP contribution in [-0.4, -0.2) is 57.1 Å². The van der Waals surface area contributed by atoms with Gasteiger partial charge in [-0.2, -0.15) is 0 Å². The van der Waals surface area contributed by atoms with Crippen molar-refractivity contribution in [3.05, 3.63) is 59.9 Å². The summed E-state index contributed by atoms with van der Waals surface area (Å²) in [5.41, 5.74) is 2.77. The highest BCUT2D eigenvalue weighted by Crippen LogP contribution is 2.31. The molecule has 1 fully saturated rings. The number of anilines is 2. The maximum atomic E-state index is 13.3. The van der Waals surface area contributed by atoms with E-state index in [0.29, 0.717) is 18.8 Å². The molecule has 2 aliphatic heterocycles. The Bertz CT molecular complexity index is 927. The largest absolute Gasteiger partial charge is 0.321 e. The van der Waals surface area contributed by atoms with E-state index in [1.165, 1.54) is 27.5 Å². The highest BCUT2D eigenvalue weighted by molar-refractivity contribution is 5.96. The molecule has 0 saturated carbocycles. The Morgan fingerprint density at radius 2 is 1.73 bits per heavy atom. The topological polar surface area (TPSA) is 58.3 Å². The highest BCUT2D eigenvalue weighted by Gasteiger charge is 2.34. The number of piperazine rings is 1. The van der Waals surface area contributed by atoms with Crippen molar-refractivity contribution < 1.29 is 23.8 Å². The summed E-state index contributed by atoms with van der Waals surface area (Å²) in [6, 6.07) is 14.3. The third-order valence-electron chi connectivity index (χ3n) is 6.06. The number of rotatable bonds is 5. The summed E-state index contributed by atoms with van der Waals surface area (Å²) >= 11 is 0. The van der Waals surface area contributed by atoms with Crippen LogP contribution in [0.2, 0.25) is 0 Å². The lowest BCUT2D eigenvalue weighted by Crippen LogP contribution is -3.28. The third-order valence-corrected chi connectivity index (χ3v) is 6.06. The third kappa shape index (κ3) is 4.68. The number of carbonyl (C=O) groups is 2. The highest BCUT2D eigenvalue weighted by atomic mass is 19.1. The summed E-state index contributed by atoms with van der Waals surface area (Å²) in [6.07, 6.45) is 0.912. The van der Waals surface area contributed by atoms with Crippen molar-refractivity contribution in [2.75, 3.05) is 49.5 Å². The molecule has 0 bridgehead atoms. The van der Waals surface area contributed by atoms with Crippen molar-refractivity contribution in [1.82, 2.24) is 0 Å². The van der Waals surface area contributed by atoms with Crippen LogP contribution in [0.1, 0.15) is 12.5 Å². The molecule has 7 heteroatoms. The van der Waals surface area contributed by atoms with Gasteiger partial charge < -0.3 is 20.0 Å². The normalized spacial score (nSPS) is 23.1. The van der Waals surface area contributed by atoms with Crippen LogP contribution in [0.4, 0.5) is 15.8 Å². The lowest BCUT2D eigenvalue weighted by Gasteiger charge is -2.31. The Morgan fingerprint density at radius 1 is 1.03 bits per heavy atom. The molecule has 2 heterocycles. The summed E-state index contributed by atoms with van der Waals surface area (Å²) in [7, 11) is 0. The molecule has 0 radical (unpaired) electrons. The molecule has 0 spiro atoms. The first-order valence-electron chi connectivity index (χ1n) is 10.6. The van der Waals surface area contributed by atoms with Crippen molar-refractivity contribution in [1.29, 1.82) is 0 Å². The number of carbonyl (C=O) groups excluding carboxylic acids is 2. The number of hydrogen-bond donors (Lipinski definition) is 3. The molecule has 0 aromatic heterocycles.